The normalized spacial score (nSPS) is 15.8. The van der Waals surface area contributed by atoms with Gasteiger partial charge in [-0.3, -0.25) is 14.9 Å². The molecule has 1 heterocycles. The van der Waals surface area contributed by atoms with Gasteiger partial charge in [-0.2, -0.15) is 10.2 Å². The number of nitro groups is 1. The maximum atomic E-state index is 11.7. The van der Waals surface area contributed by atoms with Gasteiger partial charge in [-0.05, 0) is 34.5 Å². The molecule has 2 aromatic rings. The number of Topliss-reactive ketones (excluding diaryl/α,β-unsaturated/α-hetero) is 1. The summed E-state index contributed by atoms with van der Waals surface area (Å²) in [6.45, 7) is 0. The molecule has 0 aromatic heterocycles. The van der Waals surface area contributed by atoms with E-state index in [9.17, 15) is 14.9 Å². The van der Waals surface area contributed by atoms with E-state index >= 15 is 0 Å². The molecule has 1 aliphatic heterocycles. The third-order valence-corrected chi connectivity index (χ3v) is 3.90. The van der Waals surface area contributed by atoms with Crippen molar-refractivity contribution in [2.75, 3.05) is 0 Å². The highest BCUT2D eigenvalue weighted by molar-refractivity contribution is 6.01. The smallest absolute Gasteiger partial charge is 0.261 e. The number of ketones is 1. The molecule has 6 heteroatoms. The fourth-order valence-electron chi connectivity index (χ4n) is 2.94. The van der Waals surface area contributed by atoms with E-state index < -0.39 is 4.92 Å². The second-order valence-electron chi connectivity index (χ2n) is 5.17. The van der Waals surface area contributed by atoms with Crippen LogP contribution in [-0.4, -0.2) is 16.9 Å². The Morgan fingerprint density at radius 2 is 2.05 bits per heavy atom. The lowest BCUT2D eigenvalue weighted by molar-refractivity contribution is -0.381. The summed E-state index contributed by atoms with van der Waals surface area (Å²) in [7, 11) is 0. The largest absolute Gasteiger partial charge is 0.299 e. The minimum Gasteiger partial charge on any atom is -0.299 e. The molecule has 0 fully saturated rings. The van der Waals surface area contributed by atoms with Crippen LogP contribution in [0.15, 0.2) is 34.5 Å². The van der Waals surface area contributed by atoms with E-state index in [-0.39, 0.29) is 24.3 Å². The van der Waals surface area contributed by atoms with Crippen LogP contribution in [0.1, 0.15) is 17.5 Å². The lowest BCUT2D eigenvalue weighted by Gasteiger charge is -2.11. The summed E-state index contributed by atoms with van der Waals surface area (Å²) in [4.78, 5) is 22.5. The van der Waals surface area contributed by atoms with Crippen LogP contribution in [0.5, 0.6) is 0 Å². The van der Waals surface area contributed by atoms with Crippen molar-refractivity contribution in [3.8, 4) is 0 Å². The predicted molar refractivity (Wildman–Crippen MR) is 76.1 cm³/mol. The Labute approximate surface area is 118 Å². The van der Waals surface area contributed by atoms with Gasteiger partial charge < -0.3 is 0 Å². The van der Waals surface area contributed by atoms with Gasteiger partial charge in [0.1, 0.15) is 5.78 Å². The van der Waals surface area contributed by atoms with Crippen LogP contribution in [0.4, 0.5) is 0 Å². The Morgan fingerprint density at radius 3 is 2.86 bits per heavy atom. The molecular formula is C15H9N3O3. The number of hydrogen-bond acceptors (Lipinski definition) is 5. The molecule has 4 rings (SSSR count). The molecule has 2 aliphatic rings. The average molecular weight is 279 g/mol. The van der Waals surface area contributed by atoms with Gasteiger partial charge in [-0.1, -0.05) is 6.07 Å². The van der Waals surface area contributed by atoms with Crippen LogP contribution >= 0.6 is 0 Å². The Bertz CT molecular complexity index is 989. The molecule has 0 unspecified atom stereocenters. The highest BCUT2D eigenvalue weighted by atomic mass is 16.6. The lowest BCUT2D eigenvalue weighted by atomic mass is 9.92. The van der Waals surface area contributed by atoms with Crippen LogP contribution in [0.3, 0.4) is 0 Å². The maximum Gasteiger partial charge on any atom is 0.261 e. The molecule has 21 heavy (non-hydrogen) atoms. The second-order valence-corrected chi connectivity index (χ2v) is 5.17. The van der Waals surface area contributed by atoms with Crippen molar-refractivity contribution in [2.45, 2.75) is 12.8 Å². The van der Waals surface area contributed by atoms with Gasteiger partial charge in [0.2, 0.25) is 0 Å². The summed E-state index contributed by atoms with van der Waals surface area (Å²) in [6, 6.07) is 7.37. The molecule has 0 N–H and O–H groups in total. The van der Waals surface area contributed by atoms with Gasteiger partial charge >= 0.3 is 0 Å². The molecule has 102 valence electrons. The highest BCUT2D eigenvalue weighted by Gasteiger charge is 2.25. The van der Waals surface area contributed by atoms with Gasteiger partial charge in [0.05, 0.1) is 28.1 Å². The molecule has 2 aromatic carbocycles. The number of rotatable bonds is 1. The van der Waals surface area contributed by atoms with Crippen molar-refractivity contribution >= 4 is 28.5 Å². The first-order valence-electron chi connectivity index (χ1n) is 6.49. The van der Waals surface area contributed by atoms with Crippen LogP contribution in [0, 0.1) is 10.1 Å². The first-order chi connectivity index (χ1) is 10.1. The average Bonchev–Trinajstić information content (AvgIpc) is 2.93. The van der Waals surface area contributed by atoms with Crippen molar-refractivity contribution < 1.29 is 9.72 Å². The van der Waals surface area contributed by atoms with Crippen molar-refractivity contribution in [3.63, 3.8) is 0 Å². The third-order valence-electron chi connectivity index (χ3n) is 3.90. The molecule has 6 nitrogen and oxygen atoms in total. The summed E-state index contributed by atoms with van der Waals surface area (Å²) >= 11 is 0. The second kappa shape index (κ2) is 4.05. The Morgan fingerprint density at radius 1 is 1.19 bits per heavy atom. The van der Waals surface area contributed by atoms with E-state index in [1.165, 1.54) is 0 Å². The molecule has 0 saturated heterocycles. The summed E-state index contributed by atoms with van der Waals surface area (Å²) in [5, 5.41) is 22.2. The minimum atomic E-state index is -0.452. The van der Waals surface area contributed by atoms with E-state index in [0.717, 1.165) is 21.7 Å². The monoisotopic (exact) mass is 279 g/mol. The lowest BCUT2D eigenvalue weighted by Crippen LogP contribution is -2.27. The van der Waals surface area contributed by atoms with Crippen molar-refractivity contribution in [1.29, 1.82) is 0 Å². The number of carbonyl (C=O) groups is 1. The number of nitrogens with zero attached hydrogens (tertiary/aromatic N) is 3. The van der Waals surface area contributed by atoms with Gasteiger partial charge in [-0.15, -0.1) is 0 Å². The SMILES string of the molecule is O=C1CC([N+](=O)[O-])=c2cc3ccc4c(c3cc2C1)C=NN=4. The fraction of sp³-hybridized carbons (Fsp3) is 0.133. The molecule has 0 atom stereocenters. The Balaban J connectivity index is 2.15. The molecular weight excluding hydrogens is 270 g/mol. The predicted octanol–water partition coefficient (Wildman–Crippen LogP) is 0.707. The summed E-state index contributed by atoms with van der Waals surface area (Å²) in [5.41, 5.74) is 1.59. The zero-order valence-electron chi connectivity index (χ0n) is 10.9. The summed E-state index contributed by atoms with van der Waals surface area (Å²) < 4.78 is 0. The Kier molecular flexibility index (Phi) is 2.29. The minimum absolute atomic E-state index is 0.0120. The highest BCUT2D eigenvalue weighted by Crippen LogP contribution is 2.20. The van der Waals surface area contributed by atoms with Crippen LogP contribution in [0.25, 0.3) is 16.5 Å². The standard InChI is InChI=1S/C15H9N3O3/c19-10-3-9-5-11-8(1-2-14-13(11)7-16-17-14)4-12(9)15(6-10)18(20)21/h1-2,4-5,7H,3,6H2. The van der Waals surface area contributed by atoms with Gasteiger partial charge in [0.25, 0.3) is 5.70 Å². The number of hydrogen-bond donors (Lipinski definition) is 0. The maximum absolute atomic E-state index is 11.7. The molecule has 0 radical (unpaired) electrons. The number of benzene rings is 2. The van der Waals surface area contributed by atoms with Gasteiger partial charge in [0.15, 0.2) is 0 Å². The van der Waals surface area contributed by atoms with Gasteiger partial charge in [-0.25, -0.2) is 0 Å². The number of carbonyl (C=O) groups excluding carboxylic acids is 1. The van der Waals surface area contributed by atoms with E-state index in [2.05, 4.69) is 10.2 Å². The molecule has 0 spiro atoms. The first kappa shape index (κ1) is 11.9. The summed E-state index contributed by atoms with van der Waals surface area (Å²) in [6.07, 6.45) is 1.81. The van der Waals surface area contributed by atoms with E-state index in [0.29, 0.717) is 10.8 Å². The molecule has 0 amide bonds. The van der Waals surface area contributed by atoms with E-state index in [4.69, 9.17) is 0 Å². The fourth-order valence-corrected chi connectivity index (χ4v) is 2.94. The quantitative estimate of drug-likeness (QED) is 0.569. The topological polar surface area (TPSA) is 84.9 Å². The summed E-state index contributed by atoms with van der Waals surface area (Å²) in [5.74, 6) is -0.125. The third kappa shape index (κ3) is 1.69. The zero-order valence-corrected chi connectivity index (χ0v) is 10.9. The van der Waals surface area contributed by atoms with Crippen molar-refractivity contribution in [2.24, 2.45) is 10.2 Å². The van der Waals surface area contributed by atoms with E-state index in [1.54, 1.807) is 12.3 Å². The zero-order chi connectivity index (χ0) is 14.6. The molecule has 1 aliphatic carbocycles. The van der Waals surface area contributed by atoms with E-state index in [1.807, 2.05) is 18.2 Å². The molecule has 0 saturated carbocycles. The number of fused-ring (bicyclic) bond motifs is 4. The van der Waals surface area contributed by atoms with Gasteiger partial charge in [0, 0.05) is 12.0 Å². The molecule has 0 bridgehead atoms. The van der Waals surface area contributed by atoms with Crippen molar-refractivity contribution in [3.05, 3.63) is 56.1 Å². The van der Waals surface area contributed by atoms with Crippen molar-refractivity contribution in [1.82, 2.24) is 0 Å². The first-order valence-corrected chi connectivity index (χ1v) is 6.49. The Hall–Kier alpha value is -2.89. The van der Waals surface area contributed by atoms with Crippen LogP contribution in [-0.2, 0) is 11.2 Å². The van der Waals surface area contributed by atoms with Crippen LogP contribution in [0.2, 0.25) is 0 Å². The van der Waals surface area contributed by atoms with Crippen LogP contribution < -0.4 is 10.6 Å².